The summed E-state index contributed by atoms with van der Waals surface area (Å²) in [4.78, 5) is 12.1. The maximum Gasteiger partial charge on any atom is 0.326 e. The van der Waals surface area contributed by atoms with E-state index in [9.17, 15) is 4.79 Å². The van der Waals surface area contributed by atoms with Gasteiger partial charge in [0.2, 0.25) is 0 Å². The summed E-state index contributed by atoms with van der Waals surface area (Å²) in [6.07, 6.45) is 4.24. The Kier molecular flexibility index (Phi) is 7.80. The van der Waals surface area contributed by atoms with Gasteiger partial charge in [-0.25, -0.2) is 0 Å². The zero-order valence-electron chi connectivity index (χ0n) is 12.4. The molecule has 0 aromatic carbocycles. The first kappa shape index (κ1) is 16.8. The highest BCUT2D eigenvalue weighted by Crippen LogP contribution is 2.26. The van der Waals surface area contributed by atoms with Gasteiger partial charge in [0.15, 0.2) is 0 Å². The third-order valence-electron chi connectivity index (χ3n) is 3.21. The molecule has 0 saturated heterocycles. The molecule has 1 aliphatic rings. The molecule has 1 saturated carbocycles. The minimum absolute atomic E-state index is 0.112. The molecule has 0 spiro atoms. The Balaban J connectivity index is 2.29. The summed E-state index contributed by atoms with van der Waals surface area (Å²) in [5, 5.41) is 3.44. The maximum absolute atomic E-state index is 12.1. The van der Waals surface area contributed by atoms with Gasteiger partial charge in [-0.1, -0.05) is 0 Å². The fourth-order valence-electron chi connectivity index (χ4n) is 1.89. The summed E-state index contributed by atoms with van der Waals surface area (Å²) in [5.74, 6) is 1.94. The van der Waals surface area contributed by atoms with E-state index in [2.05, 4.69) is 5.32 Å². The number of methoxy groups -OCH3 is 1. The van der Waals surface area contributed by atoms with Crippen LogP contribution in [0, 0.1) is 0 Å². The van der Waals surface area contributed by atoms with E-state index in [0.29, 0.717) is 12.6 Å². The molecule has 0 radical (unpaired) electrons. The molecule has 0 heterocycles. The lowest BCUT2D eigenvalue weighted by Crippen LogP contribution is -2.52. The van der Waals surface area contributed by atoms with Crippen LogP contribution in [0.4, 0.5) is 0 Å². The highest BCUT2D eigenvalue weighted by molar-refractivity contribution is 7.99. The van der Waals surface area contributed by atoms with E-state index in [0.717, 1.165) is 31.0 Å². The molecule has 1 rings (SSSR count). The van der Waals surface area contributed by atoms with Crippen LogP contribution in [-0.4, -0.2) is 49.4 Å². The second-order valence-electron chi connectivity index (χ2n) is 5.18. The minimum atomic E-state index is -0.522. The molecular weight excluding hydrogens is 262 g/mol. The SMILES string of the molecule is CCOC(=O)C(C)(CCSCCCOC)NC1CC1. The summed E-state index contributed by atoms with van der Waals surface area (Å²) in [5.41, 5.74) is -0.522. The molecule has 0 bridgehead atoms. The Morgan fingerprint density at radius 3 is 2.74 bits per heavy atom. The van der Waals surface area contributed by atoms with E-state index < -0.39 is 5.54 Å². The normalized spacial score (nSPS) is 18.1. The van der Waals surface area contributed by atoms with Gasteiger partial charge in [0.25, 0.3) is 0 Å². The second-order valence-corrected chi connectivity index (χ2v) is 6.40. The summed E-state index contributed by atoms with van der Waals surface area (Å²) >= 11 is 1.88. The standard InChI is InChI=1S/C14H27NO3S/c1-4-18-13(16)14(2,15-12-6-7-12)8-11-19-10-5-9-17-3/h12,15H,4-11H2,1-3H3. The minimum Gasteiger partial charge on any atom is -0.465 e. The molecular formula is C14H27NO3S. The maximum atomic E-state index is 12.1. The lowest BCUT2D eigenvalue weighted by molar-refractivity contribution is -0.150. The van der Waals surface area contributed by atoms with E-state index in [-0.39, 0.29) is 5.97 Å². The molecule has 1 N–H and O–H groups in total. The van der Waals surface area contributed by atoms with Gasteiger partial charge in [0, 0.05) is 19.8 Å². The van der Waals surface area contributed by atoms with Gasteiger partial charge in [0.1, 0.15) is 5.54 Å². The van der Waals surface area contributed by atoms with Crippen LogP contribution in [0.2, 0.25) is 0 Å². The second kappa shape index (κ2) is 8.82. The molecule has 0 amide bonds. The van der Waals surface area contributed by atoms with Crippen molar-refractivity contribution < 1.29 is 14.3 Å². The number of carbonyl (C=O) groups is 1. The van der Waals surface area contributed by atoms with Crippen LogP contribution in [0.1, 0.15) is 39.5 Å². The Morgan fingerprint density at radius 1 is 1.42 bits per heavy atom. The topological polar surface area (TPSA) is 47.6 Å². The van der Waals surface area contributed by atoms with Crippen molar-refractivity contribution in [2.75, 3.05) is 31.8 Å². The van der Waals surface area contributed by atoms with E-state index in [1.54, 1.807) is 7.11 Å². The fraction of sp³-hybridized carbons (Fsp3) is 0.929. The average molecular weight is 289 g/mol. The molecule has 1 unspecified atom stereocenters. The van der Waals surface area contributed by atoms with Crippen molar-refractivity contribution in [2.24, 2.45) is 0 Å². The highest BCUT2D eigenvalue weighted by Gasteiger charge is 2.39. The smallest absolute Gasteiger partial charge is 0.326 e. The predicted octanol–water partition coefficient (Wildman–Crippen LogP) is 2.22. The predicted molar refractivity (Wildman–Crippen MR) is 79.6 cm³/mol. The first-order valence-corrected chi connectivity index (χ1v) is 8.29. The molecule has 112 valence electrons. The Hall–Kier alpha value is -0.260. The zero-order valence-corrected chi connectivity index (χ0v) is 13.2. The lowest BCUT2D eigenvalue weighted by atomic mass is 9.99. The number of esters is 1. The van der Waals surface area contributed by atoms with Crippen LogP contribution in [0.3, 0.4) is 0 Å². The molecule has 4 nitrogen and oxygen atoms in total. The van der Waals surface area contributed by atoms with Crippen molar-refractivity contribution in [3.05, 3.63) is 0 Å². The van der Waals surface area contributed by atoms with Crippen molar-refractivity contribution in [1.82, 2.24) is 5.32 Å². The summed E-state index contributed by atoms with van der Waals surface area (Å²) in [6, 6.07) is 0.507. The monoisotopic (exact) mass is 289 g/mol. The molecule has 19 heavy (non-hydrogen) atoms. The van der Waals surface area contributed by atoms with Crippen LogP contribution in [0.5, 0.6) is 0 Å². The third-order valence-corrected chi connectivity index (χ3v) is 4.28. The van der Waals surface area contributed by atoms with E-state index >= 15 is 0 Å². The number of hydrogen-bond donors (Lipinski definition) is 1. The molecule has 1 atom stereocenters. The number of thioether (sulfide) groups is 1. The quantitative estimate of drug-likeness (QED) is 0.467. The van der Waals surface area contributed by atoms with Crippen molar-refractivity contribution in [1.29, 1.82) is 0 Å². The number of ether oxygens (including phenoxy) is 2. The van der Waals surface area contributed by atoms with Crippen LogP contribution in [0.25, 0.3) is 0 Å². The third kappa shape index (κ3) is 6.63. The first-order chi connectivity index (χ1) is 9.12. The fourth-order valence-corrected chi connectivity index (χ4v) is 2.96. The van der Waals surface area contributed by atoms with Crippen molar-refractivity contribution in [3.63, 3.8) is 0 Å². The Bertz CT molecular complexity index is 271. The van der Waals surface area contributed by atoms with Crippen LogP contribution >= 0.6 is 11.8 Å². The Labute approximate surface area is 121 Å². The summed E-state index contributed by atoms with van der Waals surface area (Å²) in [6.45, 7) is 5.08. The van der Waals surface area contributed by atoms with Crippen molar-refractivity contribution in [3.8, 4) is 0 Å². The molecule has 0 aromatic heterocycles. The van der Waals surface area contributed by atoms with Crippen LogP contribution < -0.4 is 5.32 Å². The first-order valence-electron chi connectivity index (χ1n) is 7.14. The van der Waals surface area contributed by atoms with Crippen LogP contribution in [-0.2, 0) is 14.3 Å². The average Bonchev–Trinajstić information content (AvgIpc) is 3.17. The molecule has 1 fully saturated rings. The van der Waals surface area contributed by atoms with E-state index in [1.165, 1.54) is 12.8 Å². The lowest BCUT2D eigenvalue weighted by Gasteiger charge is -2.28. The number of nitrogens with one attached hydrogen (secondary N) is 1. The van der Waals surface area contributed by atoms with Gasteiger partial charge >= 0.3 is 5.97 Å². The Morgan fingerprint density at radius 2 is 2.16 bits per heavy atom. The van der Waals surface area contributed by atoms with E-state index in [4.69, 9.17) is 9.47 Å². The van der Waals surface area contributed by atoms with Gasteiger partial charge in [-0.3, -0.25) is 10.1 Å². The number of hydrogen-bond acceptors (Lipinski definition) is 5. The highest BCUT2D eigenvalue weighted by atomic mass is 32.2. The largest absolute Gasteiger partial charge is 0.465 e. The number of rotatable bonds is 11. The molecule has 0 aromatic rings. The summed E-state index contributed by atoms with van der Waals surface area (Å²) in [7, 11) is 1.72. The van der Waals surface area contributed by atoms with Gasteiger partial charge in [0.05, 0.1) is 6.61 Å². The van der Waals surface area contributed by atoms with Gasteiger partial charge in [-0.15, -0.1) is 0 Å². The van der Waals surface area contributed by atoms with Gasteiger partial charge in [-0.2, -0.15) is 11.8 Å². The molecule has 0 aliphatic heterocycles. The zero-order chi connectivity index (χ0) is 14.1. The van der Waals surface area contributed by atoms with Crippen LogP contribution in [0.15, 0.2) is 0 Å². The number of carbonyl (C=O) groups excluding carboxylic acids is 1. The van der Waals surface area contributed by atoms with Crippen molar-refractivity contribution >= 4 is 17.7 Å². The van der Waals surface area contributed by atoms with Gasteiger partial charge in [-0.05, 0) is 51.0 Å². The van der Waals surface area contributed by atoms with Gasteiger partial charge < -0.3 is 9.47 Å². The van der Waals surface area contributed by atoms with E-state index in [1.807, 2.05) is 25.6 Å². The molecule has 5 heteroatoms. The summed E-state index contributed by atoms with van der Waals surface area (Å²) < 4.78 is 10.2. The van der Waals surface area contributed by atoms with Crippen molar-refractivity contribution in [2.45, 2.75) is 51.1 Å². The molecule has 1 aliphatic carbocycles.